The van der Waals surface area contributed by atoms with Crippen LogP contribution < -0.4 is 5.32 Å². The van der Waals surface area contributed by atoms with Gasteiger partial charge >= 0.3 is 6.03 Å². The molecule has 1 aromatic carbocycles. The minimum Gasteiger partial charge on any atom is -0.394 e. The minimum absolute atomic E-state index is 0.0576. The summed E-state index contributed by atoms with van der Waals surface area (Å²) in [6, 6.07) is 7.53. The molecule has 2 atom stereocenters. The number of rotatable bonds is 6. The fourth-order valence-electron chi connectivity index (χ4n) is 2.91. The number of benzene rings is 1. The first-order valence-corrected chi connectivity index (χ1v) is 8.36. The van der Waals surface area contributed by atoms with Crippen molar-refractivity contribution in [2.75, 3.05) is 26.4 Å². The Morgan fingerprint density at radius 1 is 1.35 bits per heavy atom. The number of hydrogen-bond acceptors (Lipinski definition) is 3. The molecule has 2 amide bonds. The van der Waals surface area contributed by atoms with Crippen molar-refractivity contribution in [3.8, 4) is 0 Å². The van der Waals surface area contributed by atoms with E-state index in [4.69, 9.17) is 4.74 Å². The van der Waals surface area contributed by atoms with Crippen LogP contribution in [0.1, 0.15) is 37.9 Å². The molecule has 0 aromatic heterocycles. The first kappa shape index (κ1) is 17.8. The van der Waals surface area contributed by atoms with Gasteiger partial charge in [0.15, 0.2) is 0 Å². The van der Waals surface area contributed by atoms with Crippen LogP contribution in [-0.4, -0.2) is 48.4 Å². The van der Waals surface area contributed by atoms with Crippen molar-refractivity contribution in [1.82, 2.24) is 10.2 Å². The number of ether oxygens (including phenoxy) is 1. The van der Waals surface area contributed by atoms with Crippen molar-refractivity contribution in [3.63, 3.8) is 0 Å². The van der Waals surface area contributed by atoms with Gasteiger partial charge in [-0.25, -0.2) is 4.79 Å². The third-order valence-corrected chi connectivity index (χ3v) is 4.04. The summed E-state index contributed by atoms with van der Waals surface area (Å²) in [4.78, 5) is 14.3. The Labute approximate surface area is 138 Å². The SMILES string of the molecule is CC(C)COCC(C)NC(=O)N1CCc2ccccc2C1CO. The molecule has 0 saturated carbocycles. The number of hydrogen-bond donors (Lipinski definition) is 2. The average molecular weight is 320 g/mol. The second-order valence-electron chi connectivity index (χ2n) is 6.62. The molecule has 5 nitrogen and oxygen atoms in total. The van der Waals surface area contributed by atoms with E-state index in [0.717, 1.165) is 12.0 Å². The highest BCUT2D eigenvalue weighted by Gasteiger charge is 2.30. The van der Waals surface area contributed by atoms with E-state index >= 15 is 0 Å². The van der Waals surface area contributed by atoms with Crippen molar-refractivity contribution >= 4 is 6.03 Å². The quantitative estimate of drug-likeness (QED) is 0.846. The third kappa shape index (κ3) is 4.69. The monoisotopic (exact) mass is 320 g/mol. The summed E-state index contributed by atoms with van der Waals surface area (Å²) < 4.78 is 5.57. The van der Waals surface area contributed by atoms with Gasteiger partial charge in [0.05, 0.1) is 25.3 Å². The summed E-state index contributed by atoms with van der Waals surface area (Å²) in [5.41, 5.74) is 2.25. The van der Waals surface area contributed by atoms with E-state index in [9.17, 15) is 9.90 Å². The minimum atomic E-state index is -0.274. The van der Waals surface area contributed by atoms with Crippen LogP contribution in [0.2, 0.25) is 0 Å². The van der Waals surface area contributed by atoms with Crippen LogP contribution in [0, 0.1) is 5.92 Å². The van der Waals surface area contributed by atoms with Crippen molar-refractivity contribution in [3.05, 3.63) is 35.4 Å². The van der Waals surface area contributed by atoms with E-state index in [0.29, 0.717) is 25.7 Å². The first-order chi connectivity index (χ1) is 11.0. The zero-order chi connectivity index (χ0) is 16.8. The maximum absolute atomic E-state index is 12.5. The fraction of sp³-hybridized carbons (Fsp3) is 0.611. The lowest BCUT2D eigenvalue weighted by Crippen LogP contribution is -2.50. The number of fused-ring (bicyclic) bond motifs is 1. The number of urea groups is 1. The largest absolute Gasteiger partial charge is 0.394 e. The van der Waals surface area contributed by atoms with Gasteiger partial charge in [0.25, 0.3) is 0 Å². The molecule has 2 N–H and O–H groups in total. The van der Waals surface area contributed by atoms with Crippen molar-refractivity contribution in [2.24, 2.45) is 5.92 Å². The van der Waals surface area contributed by atoms with Crippen LogP contribution in [0.15, 0.2) is 24.3 Å². The highest BCUT2D eigenvalue weighted by atomic mass is 16.5. The molecule has 0 bridgehead atoms. The predicted octanol–water partition coefficient (Wildman–Crippen LogP) is 2.35. The molecule has 0 spiro atoms. The second-order valence-corrected chi connectivity index (χ2v) is 6.62. The smallest absolute Gasteiger partial charge is 0.318 e. The maximum Gasteiger partial charge on any atom is 0.318 e. The van der Waals surface area contributed by atoms with E-state index in [1.165, 1.54) is 5.56 Å². The van der Waals surface area contributed by atoms with Gasteiger partial charge in [-0.15, -0.1) is 0 Å². The van der Waals surface area contributed by atoms with Crippen LogP contribution in [0.5, 0.6) is 0 Å². The van der Waals surface area contributed by atoms with Gasteiger partial charge in [0, 0.05) is 13.2 Å². The standard InChI is InChI=1S/C18H28N2O3/c1-13(2)11-23-12-14(3)19-18(22)20-9-8-15-6-4-5-7-16(15)17(20)10-21/h4-7,13-14,17,21H,8-12H2,1-3H3,(H,19,22). The summed E-state index contributed by atoms with van der Waals surface area (Å²) >= 11 is 0. The number of aliphatic hydroxyl groups is 1. The van der Waals surface area contributed by atoms with Crippen LogP contribution >= 0.6 is 0 Å². The summed E-state index contributed by atoms with van der Waals surface area (Å²) in [5, 5.41) is 12.7. The Morgan fingerprint density at radius 2 is 2.09 bits per heavy atom. The summed E-state index contributed by atoms with van der Waals surface area (Å²) in [6.07, 6.45) is 0.818. The molecular weight excluding hydrogens is 292 g/mol. The summed E-state index contributed by atoms with van der Waals surface area (Å²) in [5.74, 6) is 0.482. The van der Waals surface area contributed by atoms with Gasteiger partial charge < -0.3 is 20.1 Å². The Balaban J connectivity index is 1.94. The van der Waals surface area contributed by atoms with Gasteiger partial charge in [-0.2, -0.15) is 0 Å². The lowest BCUT2D eigenvalue weighted by atomic mass is 9.93. The highest BCUT2D eigenvalue weighted by molar-refractivity contribution is 5.75. The molecule has 128 valence electrons. The van der Waals surface area contributed by atoms with E-state index in [2.05, 4.69) is 25.2 Å². The van der Waals surface area contributed by atoms with E-state index in [1.807, 2.05) is 25.1 Å². The van der Waals surface area contributed by atoms with Crippen molar-refractivity contribution in [2.45, 2.75) is 39.3 Å². The fourth-order valence-corrected chi connectivity index (χ4v) is 2.91. The zero-order valence-electron chi connectivity index (χ0n) is 14.3. The number of nitrogens with one attached hydrogen (secondary N) is 1. The molecule has 0 fully saturated rings. The van der Waals surface area contributed by atoms with Crippen LogP contribution in [0.25, 0.3) is 0 Å². The molecule has 1 aliphatic rings. The molecule has 1 aromatic rings. The summed E-state index contributed by atoms with van der Waals surface area (Å²) in [6.45, 7) is 7.87. The highest BCUT2D eigenvalue weighted by Crippen LogP contribution is 2.29. The van der Waals surface area contributed by atoms with Gasteiger partial charge in [-0.05, 0) is 30.4 Å². The predicted molar refractivity (Wildman–Crippen MR) is 90.3 cm³/mol. The number of aliphatic hydroxyl groups excluding tert-OH is 1. The normalized spacial score (nSPS) is 18.7. The Hall–Kier alpha value is -1.59. The Bertz CT molecular complexity index is 519. The topological polar surface area (TPSA) is 61.8 Å². The van der Waals surface area contributed by atoms with Gasteiger partial charge in [0.1, 0.15) is 0 Å². The molecule has 23 heavy (non-hydrogen) atoms. The second kappa shape index (κ2) is 8.31. The molecule has 5 heteroatoms. The Kier molecular flexibility index (Phi) is 6.42. The van der Waals surface area contributed by atoms with Crippen LogP contribution in [0.4, 0.5) is 4.79 Å². The van der Waals surface area contributed by atoms with Gasteiger partial charge in [0.2, 0.25) is 0 Å². The van der Waals surface area contributed by atoms with Crippen LogP contribution in [0.3, 0.4) is 0 Å². The molecule has 0 saturated heterocycles. The molecule has 1 aliphatic heterocycles. The molecule has 2 unspecified atom stereocenters. The summed E-state index contributed by atoms with van der Waals surface area (Å²) in [7, 11) is 0. The first-order valence-electron chi connectivity index (χ1n) is 8.36. The molecule has 0 aliphatic carbocycles. The average Bonchev–Trinajstić information content (AvgIpc) is 2.53. The number of amides is 2. The number of carbonyl (C=O) groups is 1. The lowest BCUT2D eigenvalue weighted by molar-refractivity contribution is 0.0881. The van der Waals surface area contributed by atoms with Crippen LogP contribution in [-0.2, 0) is 11.2 Å². The molecule has 1 heterocycles. The molecule has 2 rings (SSSR count). The zero-order valence-corrected chi connectivity index (χ0v) is 14.3. The van der Waals surface area contributed by atoms with E-state index < -0.39 is 0 Å². The van der Waals surface area contributed by atoms with Gasteiger partial charge in [-0.3, -0.25) is 0 Å². The van der Waals surface area contributed by atoms with Gasteiger partial charge in [-0.1, -0.05) is 38.1 Å². The van der Waals surface area contributed by atoms with E-state index in [1.54, 1.807) is 4.90 Å². The number of carbonyl (C=O) groups excluding carboxylic acids is 1. The Morgan fingerprint density at radius 3 is 2.78 bits per heavy atom. The third-order valence-electron chi connectivity index (χ3n) is 4.04. The van der Waals surface area contributed by atoms with Crippen molar-refractivity contribution < 1.29 is 14.6 Å². The lowest BCUT2D eigenvalue weighted by Gasteiger charge is -2.37. The maximum atomic E-state index is 12.5. The van der Waals surface area contributed by atoms with E-state index in [-0.39, 0.29) is 24.7 Å². The number of nitrogens with zero attached hydrogens (tertiary/aromatic N) is 1. The molecular formula is C18H28N2O3. The molecule has 0 radical (unpaired) electrons. The van der Waals surface area contributed by atoms with Crippen molar-refractivity contribution in [1.29, 1.82) is 0 Å².